The van der Waals surface area contributed by atoms with Crippen LogP contribution in [0.4, 0.5) is 0 Å². The molecule has 0 heterocycles. The zero-order valence-electron chi connectivity index (χ0n) is 8.76. The second-order valence-electron chi connectivity index (χ2n) is 3.02. The van der Waals surface area contributed by atoms with Crippen molar-refractivity contribution in [3.8, 4) is 0 Å². The normalized spacial score (nSPS) is 12.0. The van der Waals surface area contributed by atoms with Crippen LogP contribution in [0.15, 0.2) is 18.2 Å². The zero-order valence-corrected chi connectivity index (χ0v) is 12.7. The van der Waals surface area contributed by atoms with Crippen molar-refractivity contribution in [2.45, 2.75) is 4.83 Å². The number of carbonyl (C=O) groups is 1. The minimum atomic E-state index is -0.684. The number of hydrogen-bond donors (Lipinski definition) is 2. The lowest BCUT2D eigenvalue weighted by Crippen LogP contribution is -2.30. The van der Waals surface area contributed by atoms with Gasteiger partial charge in [-0.1, -0.05) is 57.0 Å². The van der Waals surface area contributed by atoms with Gasteiger partial charge in [0.1, 0.15) is 4.83 Å². The van der Waals surface area contributed by atoms with E-state index in [1.807, 2.05) is 0 Å². The molecule has 7 heteroatoms. The predicted octanol–water partition coefficient (Wildman–Crippen LogP) is 3.84. The molecule has 1 atom stereocenters. The molecule has 0 radical (unpaired) electrons. The maximum absolute atomic E-state index is 11.8. The van der Waals surface area contributed by atoms with E-state index in [4.69, 9.17) is 28.6 Å². The SMILES string of the molecule is CSC(=N)NC(=O)C(Br)c1c(Cl)cccc1Cl. The number of hydrogen-bond acceptors (Lipinski definition) is 3. The summed E-state index contributed by atoms with van der Waals surface area (Å²) in [6.07, 6.45) is 1.70. The molecule has 92 valence electrons. The van der Waals surface area contributed by atoms with E-state index in [-0.39, 0.29) is 11.1 Å². The van der Waals surface area contributed by atoms with Crippen LogP contribution >= 0.6 is 50.9 Å². The van der Waals surface area contributed by atoms with Gasteiger partial charge in [-0.2, -0.15) is 0 Å². The fourth-order valence-corrected chi connectivity index (χ4v) is 2.80. The number of amidine groups is 1. The van der Waals surface area contributed by atoms with Gasteiger partial charge in [0.15, 0.2) is 5.17 Å². The first-order valence-corrected chi connectivity index (χ1v) is 7.38. The molecule has 0 spiro atoms. The number of rotatable bonds is 2. The van der Waals surface area contributed by atoms with Crippen molar-refractivity contribution in [1.29, 1.82) is 5.41 Å². The van der Waals surface area contributed by atoms with Gasteiger partial charge in [-0.15, -0.1) is 0 Å². The molecular formula is C10H9BrCl2N2OS. The van der Waals surface area contributed by atoms with Gasteiger partial charge in [-0.3, -0.25) is 10.2 Å². The number of halogens is 3. The van der Waals surface area contributed by atoms with Gasteiger partial charge in [0.05, 0.1) is 0 Å². The fraction of sp³-hybridized carbons (Fsp3) is 0.200. The molecule has 3 nitrogen and oxygen atoms in total. The van der Waals surface area contributed by atoms with Crippen molar-refractivity contribution in [3.05, 3.63) is 33.8 Å². The van der Waals surface area contributed by atoms with E-state index in [1.54, 1.807) is 24.5 Å². The summed E-state index contributed by atoms with van der Waals surface area (Å²) < 4.78 is 0. The number of benzene rings is 1. The van der Waals surface area contributed by atoms with Gasteiger partial charge >= 0.3 is 0 Å². The van der Waals surface area contributed by atoms with Gasteiger partial charge < -0.3 is 5.32 Å². The molecule has 1 amide bonds. The fourth-order valence-electron chi connectivity index (χ4n) is 1.11. The molecule has 0 aromatic heterocycles. The third kappa shape index (κ3) is 3.88. The number of amides is 1. The molecule has 2 N–H and O–H groups in total. The summed E-state index contributed by atoms with van der Waals surface area (Å²) in [6.45, 7) is 0. The molecule has 17 heavy (non-hydrogen) atoms. The summed E-state index contributed by atoms with van der Waals surface area (Å²) >= 11 is 16.3. The highest BCUT2D eigenvalue weighted by molar-refractivity contribution is 9.09. The van der Waals surface area contributed by atoms with Gasteiger partial charge in [-0.05, 0) is 18.4 Å². The molecule has 0 aliphatic heterocycles. The van der Waals surface area contributed by atoms with Crippen molar-refractivity contribution in [3.63, 3.8) is 0 Å². The Hall–Kier alpha value is -0.230. The van der Waals surface area contributed by atoms with Gasteiger partial charge in [0.2, 0.25) is 5.91 Å². The van der Waals surface area contributed by atoms with Crippen LogP contribution in [0.1, 0.15) is 10.4 Å². The van der Waals surface area contributed by atoms with Crippen LogP contribution in [0.25, 0.3) is 0 Å². The minimum absolute atomic E-state index is 0.0719. The second kappa shape index (κ2) is 6.64. The summed E-state index contributed by atoms with van der Waals surface area (Å²) in [5, 5.41) is 10.7. The van der Waals surface area contributed by atoms with Crippen molar-refractivity contribution in [2.24, 2.45) is 0 Å². The summed E-state index contributed by atoms with van der Waals surface area (Å²) in [5.41, 5.74) is 0.502. The lowest BCUT2D eigenvalue weighted by Gasteiger charge is -2.13. The largest absolute Gasteiger partial charge is 0.304 e. The summed E-state index contributed by atoms with van der Waals surface area (Å²) in [6, 6.07) is 5.02. The van der Waals surface area contributed by atoms with Crippen molar-refractivity contribution in [2.75, 3.05) is 6.26 Å². The van der Waals surface area contributed by atoms with E-state index in [2.05, 4.69) is 21.2 Å². The molecule has 0 fully saturated rings. The first-order chi connectivity index (χ1) is 7.97. The molecule has 1 aromatic rings. The van der Waals surface area contributed by atoms with Crippen LogP contribution in [-0.2, 0) is 4.79 Å². The highest BCUT2D eigenvalue weighted by atomic mass is 79.9. The third-order valence-electron chi connectivity index (χ3n) is 1.92. The molecule has 0 aliphatic carbocycles. The topological polar surface area (TPSA) is 53.0 Å². The lowest BCUT2D eigenvalue weighted by molar-refractivity contribution is -0.119. The smallest absolute Gasteiger partial charge is 0.244 e. The summed E-state index contributed by atoms with van der Waals surface area (Å²) in [7, 11) is 0. The summed E-state index contributed by atoms with van der Waals surface area (Å²) in [5.74, 6) is -0.376. The maximum Gasteiger partial charge on any atom is 0.244 e. The quantitative estimate of drug-likeness (QED) is 0.481. The van der Waals surface area contributed by atoms with Crippen LogP contribution < -0.4 is 5.32 Å². The van der Waals surface area contributed by atoms with Gasteiger partial charge in [-0.25, -0.2) is 0 Å². The predicted molar refractivity (Wildman–Crippen MR) is 77.5 cm³/mol. The van der Waals surface area contributed by atoms with Crippen molar-refractivity contribution >= 4 is 62.0 Å². The number of thioether (sulfide) groups is 1. The standard InChI is InChI=1S/C10H9BrCl2N2OS/c1-17-10(14)15-9(16)8(11)7-5(12)3-2-4-6(7)13/h2-4,8H,1H3,(H2,14,15,16). The van der Waals surface area contributed by atoms with Crippen LogP contribution in [0.3, 0.4) is 0 Å². The van der Waals surface area contributed by atoms with E-state index < -0.39 is 4.83 Å². The Morgan fingerprint density at radius 3 is 2.47 bits per heavy atom. The number of alkyl halides is 1. The van der Waals surface area contributed by atoms with Gasteiger partial charge in [0, 0.05) is 15.6 Å². The molecular weight excluding hydrogens is 347 g/mol. The Bertz CT molecular complexity index is 436. The van der Waals surface area contributed by atoms with E-state index in [0.29, 0.717) is 15.6 Å². The monoisotopic (exact) mass is 354 g/mol. The molecule has 1 rings (SSSR count). The van der Waals surface area contributed by atoms with E-state index in [0.717, 1.165) is 11.8 Å². The molecule has 1 aromatic carbocycles. The lowest BCUT2D eigenvalue weighted by atomic mass is 10.1. The van der Waals surface area contributed by atoms with E-state index >= 15 is 0 Å². The molecule has 0 aliphatic rings. The van der Waals surface area contributed by atoms with Gasteiger partial charge in [0.25, 0.3) is 0 Å². The first kappa shape index (κ1) is 14.8. The summed E-state index contributed by atoms with van der Waals surface area (Å²) in [4.78, 5) is 11.1. The number of carbonyl (C=O) groups excluding carboxylic acids is 1. The Morgan fingerprint density at radius 1 is 1.47 bits per heavy atom. The Labute approximate surface area is 122 Å². The van der Waals surface area contributed by atoms with Crippen LogP contribution in [0, 0.1) is 5.41 Å². The second-order valence-corrected chi connectivity index (χ2v) is 5.57. The van der Waals surface area contributed by atoms with E-state index in [9.17, 15) is 4.79 Å². The Kier molecular flexibility index (Phi) is 5.79. The van der Waals surface area contributed by atoms with Crippen molar-refractivity contribution in [1.82, 2.24) is 5.32 Å². The number of nitrogens with one attached hydrogen (secondary N) is 2. The third-order valence-corrected chi connectivity index (χ3v) is 3.97. The molecule has 0 saturated carbocycles. The first-order valence-electron chi connectivity index (χ1n) is 4.48. The highest BCUT2D eigenvalue weighted by Crippen LogP contribution is 2.35. The minimum Gasteiger partial charge on any atom is -0.304 e. The molecule has 0 bridgehead atoms. The van der Waals surface area contributed by atoms with Crippen LogP contribution in [-0.4, -0.2) is 17.3 Å². The maximum atomic E-state index is 11.8. The molecule has 0 saturated heterocycles. The average Bonchev–Trinajstić information content (AvgIpc) is 2.28. The van der Waals surface area contributed by atoms with Crippen LogP contribution in [0.2, 0.25) is 10.0 Å². The Balaban J connectivity index is 2.93. The Morgan fingerprint density at radius 2 is 2.00 bits per heavy atom. The van der Waals surface area contributed by atoms with Crippen molar-refractivity contribution < 1.29 is 4.79 Å². The highest BCUT2D eigenvalue weighted by Gasteiger charge is 2.23. The average molecular weight is 356 g/mol. The van der Waals surface area contributed by atoms with E-state index in [1.165, 1.54) is 0 Å². The molecule has 1 unspecified atom stereocenters. The van der Waals surface area contributed by atoms with Crippen LogP contribution in [0.5, 0.6) is 0 Å². The zero-order chi connectivity index (χ0) is 13.0.